The fourth-order valence-electron chi connectivity index (χ4n) is 3.14. The molecule has 2 heterocycles. The summed E-state index contributed by atoms with van der Waals surface area (Å²) in [6.07, 6.45) is 0.867. The van der Waals surface area contributed by atoms with Crippen molar-refractivity contribution in [2.45, 2.75) is 37.7 Å². The molecular weight excluding hydrogens is 344 g/mol. The molecule has 0 aliphatic heterocycles. The number of benzene rings is 2. The molecule has 0 fully saturated rings. The first-order chi connectivity index (χ1) is 12.7. The van der Waals surface area contributed by atoms with Gasteiger partial charge in [0, 0.05) is 12.3 Å². The van der Waals surface area contributed by atoms with Crippen LogP contribution in [0.2, 0.25) is 0 Å². The first kappa shape index (κ1) is 16.8. The van der Waals surface area contributed by atoms with Gasteiger partial charge in [0.1, 0.15) is 0 Å². The number of aromatic nitrogens is 4. The molecule has 2 aromatic carbocycles. The number of hydrogen-bond acceptors (Lipinski definition) is 4. The van der Waals surface area contributed by atoms with Crippen LogP contribution in [0.15, 0.2) is 58.5 Å². The van der Waals surface area contributed by atoms with Crippen molar-refractivity contribution in [1.82, 2.24) is 19.2 Å². The minimum Gasteiger partial charge on any atom is -0.276 e. The smallest absolute Gasteiger partial charge is 0.262 e. The summed E-state index contributed by atoms with van der Waals surface area (Å²) in [5, 5.41) is 10.2. The molecule has 2 aromatic heterocycles. The molecule has 0 saturated carbocycles. The maximum Gasteiger partial charge on any atom is 0.262 e. The maximum atomic E-state index is 12.9. The minimum absolute atomic E-state index is 0.00468. The highest BCUT2D eigenvalue weighted by molar-refractivity contribution is 7.98. The summed E-state index contributed by atoms with van der Waals surface area (Å²) < 4.78 is 3.75. The second-order valence-electron chi connectivity index (χ2n) is 6.37. The van der Waals surface area contributed by atoms with Crippen LogP contribution in [0.25, 0.3) is 16.7 Å². The molecule has 4 rings (SSSR count). The van der Waals surface area contributed by atoms with Crippen molar-refractivity contribution in [3.8, 4) is 0 Å². The lowest BCUT2D eigenvalue weighted by atomic mass is 10.1. The molecule has 0 bridgehead atoms. The summed E-state index contributed by atoms with van der Waals surface area (Å²) in [6.45, 7) is 4.70. The standard InChI is InChI=1S/C20H20N4OS/c1-3-11-23-18(25)16-12-14(2)9-10-17(16)24-19(23)21-22-20(24)26-13-15-7-5-4-6-8-15/h4-10,12H,3,11,13H2,1-2H3. The Hall–Kier alpha value is -2.60. The van der Waals surface area contributed by atoms with Gasteiger partial charge in [-0.25, -0.2) is 0 Å². The summed E-state index contributed by atoms with van der Waals surface area (Å²) in [6, 6.07) is 16.3. The zero-order valence-corrected chi connectivity index (χ0v) is 15.7. The Morgan fingerprint density at radius 2 is 1.88 bits per heavy atom. The number of nitrogens with zero attached hydrogens (tertiary/aromatic N) is 4. The van der Waals surface area contributed by atoms with E-state index >= 15 is 0 Å². The summed E-state index contributed by atoms with van der Waals surface area (Å²) in [5.74, 6) is 1.42. The molecule has 6 heteroatoms. The van der Waals surface area contributed by atoms with Gasteiger partial charge in [-0.1, -0.05) is 60.6 Å². The Balaban J connectivity index is 1.90. The second kappa shape index (κ2) is 6.96. The highest BCUT2D eigenvalue weighted by Crippen LogP contribution is 2.25. The Morgan fingerprint density at radius 1 is 1.08 bits per heavy atom. The third-order valence-corrected chi connectivity index (χ3v) is 5.38. The van der Waals surface area contributed by atoms with Crippen LogP contribution in [0.1, 0.15) is 24.5 Å². The van der Waals surface area contributed by atoms with E-state index in [1.165, 1.54) is 5.56 Å². The lowest BCUT2D eigenvalue weighted by Crippen LogP contribution is -2.23. The highest BCUT2D eigenvalue weighted by atomic mass is 32.2. The van der Waals surface area contributed by atoms with E-state index in [4.69, 9.17) is 0 Å². The van der Waals surface area contributed by atoms with E-state index < -0.39 is 0 Å². The van der Waals surface area contributed by atoms with E-state index in [0.29, 0.717) is 17.7 Å². The van der Waals surface area contributed by atoms with Gasteiger partial charge in [-0.15, -0.1) is 10.2 Å². The third kappa shape index (κ3) is 2.90. The number of fused-ring (bicyclic) bond motifs is 3. The number of thioether (sulfide) groups is 1. The lowest BCUT2D eigenvalue weighted by Gasteiger charge is -2.11. The number of aryl methyl sites for hydroxylation is 2. The average molecular weight is 364 g/mol. The second-order valence-corrected chi connectivity index (χ2v) is 7.31. The quantitative estimate of drug-likeness (QED) is 0.501. The van der Waals surface area contributed by atoms with Crippen LogP contribution in [0.4, 0.5) is 0 Å². The SMILES string of the molecule is CCCn1c(=O)c2cc(C)ccc2n2c(SCc3ccccc3)nnc12. The topological polar surface area (TPSA) is 52.2 Å². The summed E-state index contributed by atoms with van der Waals surface area (Å²) in [5.41, 5.74) is 3.17. The van der Waals surface area contributed by atoms with Crippen molar-refractivity contribution >= 4 is 28.4 Å². The van der Waals surface area contributed by atoms with E-state index in [1.54, 1.807) is 16.3 Å². The van der Waals surface area contributed by atoms with Crippen LogP contribution in [0.5, 0.6) is 0 Å². The van der Waals surface area contributed by atoms with E-state index in [0.717, 1.165) is 28.4 Å². The minimum atomic E-state index is 0.00468. The first-order valence-electron chi connectivity index (χ1n) is 8.74. The molecule has 4 aromatic rings. The van der Waals surface area contributed by atoms with E-state index in [1.807, 2.05) is 47.7 Å². The predicted octanol–water partition coefficient (Wildman–Crippen LogP) is 4.05. The van der Waals surface area contributed by atoms with Crippen molar-refractivity contribution in [3.05, 3.63) is 70.0 Å². The van der Waals surface area contributed by atoms with Gasteiger partial charge in [-0.3, -0.25) is 13.8 Å². The fraction of sp³-hybridized carbons (Fsp3) is 0.250. The largest absolute Gasteiger partial charge is 0.276 e. The molecule has 0 radical (unpaired) electrons. The van der Waals surface area contributed by atoms with Crippen LogP contribution in [0, 0.1) is 6.92 Å². The zero-order chi connectivity index (χ0) is 18.1. The van der Waals surface area contributed by atoms with Crippen LogP contribution < -0.4 is 5.56 Å². The molecule has 0 aliphatic rings. The number of rotatable bonds is 5. The van der Waals surface area contributed by atoms with Gasteiger partial charge in [0.25, 0.3) is 5.56 Å². The van der Waals surface area contributed by atoms with Crippen molar-refractivity contribution in [2.75, 3.05) is 0 Å². The van der Waals surface area contributed by atoms with E-state index in [-0.39, 0.29) is 5.56 Å². The fourth-order valence-corrected chi connectivity index (χ4v) is 4.04. The average Bonchev–Trinajstić information content (AvgIpc) is 3.08. The molecule has 0 atom stereocenters. The first-order valence-corrected chi connectivity index (χ1v) is 9.72. The molecule has 0 amide bonds. The van der Waals surface area contributed by atoms with Gasteiger partial charge in [-0.05, 0) is 31.0 Å². The van der Waals surface area contributed by atoms with Crippen molar-refractivity contribution in [2.24, 2.45) is 0 Å². The normalized spacial score (nSPS) is 11.5. The zero-order valence-electron chi connectivity index (χ0n) is 14.8. The summed E-state index contributed by atoms with van der Waals surface area (Å²) in [4.78, 5) is 12.9. The van der Waals surface area contributed by atoms with Gasteiger partial charge in [0.05, 0.1) is 10.9 Å². The van der Waals surface area contributed by atoms with Crippen LogP contribution >= 0.6 is 11.8 Å². The summed E-state index contributed by atoms with van der Waals surface area (Å²) >= 11 is 1.64. The van der Waals surface area contributed by atoms with Crippen molar-refractivity contribution in [3.63, 3.8) is 0 Å². The molecule has 0 spiro atoms. The predicted molar refractivity (Wildman–Crippen MR) is 106 cm³/mol. The maximum absolute atomic E-state index is 12.9. The molecule has 0 N–H and O–H groups in total. The molecule has 0 unspecified atom stereocenters. The van der Waals surface area contributed by atoms with Gasteiger partial charge >= 0.3 is 0 Å². The monoisotopic (exact) mass is 364 g/mol. The molecule has 26 heavy (non-hydrogen) atoms. The molecular formula is C20H20N4OS. The number of hydrogen-bond donors (Lipinski definition) is 0. The van der Waals surface area contributed by atoms with Crippen LogP contribution in [-0.2, 0) is 12.3 Å². The lowest BCUT2D eigenvalue weighted by molar-refractivity contribution is 0.662. The Bertz CT molecular complexity index is 1130. The Labute approximate surface area is 155 Å². The van der Waals surface area contributed by atoms with Crippen LogP contribution in [-0.4, -0.2) is 19.2 Å². The van der Waals surface area contributed by atoms with E-state index in [2.05, 4.69) is 29.3 Å². The van der Waals surface area contributed by atoms with Gasteiger partial charge in [0.2, 0.25) is 5.78 Å². The third-order valence-electron chi connectivity index (χ3n) is 4.38. The van der Waals surface area contributed by atoms with Crippen LogP contribution in [0.3, 0.4) is 0 Å². The Morgan fingerprint density at radius 3 is 2.65 bits per heavy atom. The Kier molecular flexibility index (Phi) is 4.51. The molecule has 132 valence electrons. The molecule has 0 saturated heterocycles. The highest BCUT2D eigenvalue weighted by Gasteiger charge is 2.16. The molecule has 5 nitrogen and oxygen atoms in total. The summed E-state index contributed by atoms with van der Waals surface area (Å²) in [7, 11) is 0. The van der Waals surface area contributed by atoms with Gasteiger partial charge in [0.15, 0.2) is 5.16 Å². The van der Waals surface area contributed by atoms with E-state index in [9.17, 15) is 4.79 Å². The van der Waals surface area contributed by atoms with Crippen molar-refractivity contribution < 1.29 is 0 Å². The van der Waals surface area contributed by atoms with Gasteiger partial charge < -0.3 is 0 Å². The van der Waals surface area contributed by atoms with Crippen molar-refractivity contribution in [1.29, 1.82) is 0 Å². The van der Waals surface area contributed by atoms with Gasteiger partial charge in [-0.2, -0.15) is 0 Å². The molecule has 0 aliphatic carbocycles.